The summed E-state index contributed by atoms with van der Waals surface area (Å²) in [6.45, 7) is 7.90. The smallest absolute Gasteiger partial charge is 0.332 e. The molecular formula is C27H35BrFN3O6S. The molecule has 2 aliphatic rings. The maximum absolute atomic E-state index is 13.7. The molecule has 1 atom stereocenters. The number of thiophene rings is 1. The van der Waals surface area contributed by atoms with E-state index in [0.717, 1.165) is 40.0 Å². The number of aryl methyl sites for hydroxylation is 3. The number of benzene rings is 1. The van der Waals surface area contributed by atoms with Crippen LogP contribution in [-0.4, -0.2) is 53.1 Å². The molecule has 0 saturated carbocycles. The number of hydrogen-bond donors (Lipinski definition) is 2. The fourth-order valence-electron chi connectivity index (χ4n) is 4.50. The van der Waals surface area contributed by atoms with Gasteiger partial charge in [-0.15, -0.1) is 11.3 Å². The minimum atomic E-state index is -0.831. The van der Waals surface area contributed by atoms with Crippen LogP contribution in [0.25, 0.3) is 10.2 Å². The van der Waals surface area contributed by atoms with Crippen LogP contribution >= 0.6 is 27.3 Å². The summed E-state index contributed by atoms with van der Waals surface area (Å²) in [4.78, 5) is 39.3. The SMILES string of the molecule is CC.COc1ccc(F)cc1CCn1c(=O)n(C2CCNC2=O)c(=O)c2c(C)c(Br)sc21.OC1CCOCC1. The lowest BCUT2D eigenvalue weighted by Crippen LogP contribution is -2.44. The molecular weight excluding hydrogens is 593 g/mol. The van der Waals surface area contributed by atoms with Gasteiger partial charge in [-0.05, 0) is 77.9 Å². The van der Waals surface area contributed by atoms with E-state index >= 15 is 0 Å². The van der Waals surface area contributed by atoms with Crippen molar-refractivity contribution < 1.29 is 23.8 Å². The highest BCUT2D eigenvalue weighted by molar-refractivity contribution is 9.11. The van der Waals surface area contributed by atoms with Crippen molar-refractivity contribution in [3.8, 4) is 5.75 Å². The van der Waals surface area contributed by atoms with E-state index in [0.29, 0.717) is 40.9 Å². The highest BCUT2D eigenvalue weighted by atomic mass is 79.9. The Balaban J connectivity index is 0.000000401. The Labute approximate surface area is 238 Å². The molecule has 3 aromatic rings. The number of carbonyl (C=O) groups excluding carboxylic acids is 1. The third-order valence-electron chi connectivity index (χ3n) is 6.55. The number of fused-ring (bicyclic) bond motifs is 1. The van der Waals surface area contributed by atoms with Crippen LogP contribution in [0.2, 0.25) is 0 Å². The van der Waals surface area contributed by atoms with Gasteiger partial charge in [0.2, 0.25) is 5.91 Å². The van der Waals surface area contributed by atoms with Crippen LogP contribution in [-0.2, 0) is 22.5 Å². The number of hydrogen-bond acceptors (Lipinski definition) is 7. The Kier molecular flexibility index (Phi) is 11.3. The molecule has 2 aromatic heterocycles. The van der Waals surface area contributed by atoms with Gasteiger partial charge in [0, 0.05) is 26.3 Å². The number of aliphatic hydroxyl groups excluding tert-OH is 1. The Morgan fingerprint density at radius 1 is 1.21 bits per heavy atom. The quantitative estimate of drug-likeness (QED) is 0.443. The minimum absolute atomic E-state index is 0.0891. The first-order valence-electron chi connectivity index (χ1n) is 13.0. The van der Waals surface area contributed by atoms with Crippen molar-refractivity contribution in [3.63, 3.8) is 0 Å². The van der Waals surface area contributed by atoms with E-state index in [-0.39, 0.29) is 18.6 Å². The van der Waals surface area contributed by atoms with Gasteiger partial charge in [-0.25, -0.2) is 13.8 Å². The topological polar surface area (TPSA) is 112 Å². The van der Waals surface area contributed by atoms with Crippen molar-refractivity contribution in [2.75, 3.05) is 26.9 Å². The van der Waals surface area contributed by atoms with E-state index < -0.39 is 23.1 Å². The van der Waals surface area contributed by atoms with Gasteiger partial charge in [0.05, 0.1) is 22.4 Å². The van der Waals surface area contributed by atoms with Crippen LogP contribution in [0.3, 0.4) is 0 Å². The lowest BCUT2D eigenvalue weighted by Gasteiger charge is -2.16. The summed E-state index contributed by atoms with van der Waals surface area (Å²) in [5.74, 6) is -0.211. The minimum Gasteiger partial charge on any atom is -0.496 e. The number of halogens is 2. The van der Waals surface area contributed by atoms with Gasteiger partial charge in [-0.2, -0.15) is 0 Å². The van der Waals surface area contributed by atoms with Crippen molar-refractivity contribution in [1.29, 1.82) is 0 Å². The number of rotatable bonds is 5. The summed E-state index contributed by atoms with van der Waals surface area (Å²) in [5.41, 5.74) is 0.334. The average molecular weight is 629 g/mol. The second-order valence-electron chi connectivity index (χ2n) is 8.94. The average Bonchev–Trinajstić information content (AvgIpc) is 3.48. The predicted molar refractivity (Wildman–Crippen MR) is 154 cm³/mol. The monoisotopic (exact) mass is 627 g/mol. The first-order chi connectivity index (χ1) is 18.7. The molecule has 5 rings (SSSR count). The number of amides is 1. The van der Waals surface area contributed by atoms with Gasteiger partial charge in [0.1, 0.15) is 22.4 Å². The summed E-state index contributed by atoms with van der Waals surface area (Å²) in [6, 6.07) is 3.39. The molecule has 2 fully saturated rings. The van der Waals surface area contributed by atoms with Gasteiger partial charge in [-0.1, -0.05) is 13.8 Å². The van der Waals surface area contributed by atoms with Crippen molar-refractivity contribution in [1.82, 2.24) is 14.5 Å². The van der Waals surface area contributed by atoms with Crippen LogP contribution in [0.5, 0.6) is 5.75 Å². The number of nitrogens with zero attached hydrogens (tertiary/aromatic N) is 2. The molecule has 1 unspecified atom stereocenters. The van der Waals surface area contributed by atoms with Gasteiger partial charge in [-0.3, -0.25) is 14.2 Å². The Morgan fingerprint density at radius 2 is 1.90 bits per heavy atom. The largest absolute Gasteiger partial charge is 0.496 e. The molecule has 0 radical (unpaired) electrons. The lowest BCUT2D eigenvalue weighted by molar-refractivity contribution is -0.122. The number of methoxy groups -OCH3 is 1. The third-order valence-corrected chi connectivity index (χ3v) is 8.74. The van der Waals surface area contributed by atoms with E-state index in [1.165, 1.54) is 35.1 Å². The zero-order chi connectivity index (χ0) is 28.7. The maximum Gasteiger partial charge on any atom is 0.332 e. The van der Waals surface area contributed by atoms with Crippen LogP contribution in [0.4, 0.5) is 4.39 Å². The van der Waals surface area contributed by atoms with Gasteiger partial charge in [0.25, 0.3) is 5.56 Å². The molecule has 2 saturated heterocycles. The van der Waals surface area contributed by atoms with Crippen LogP contribution < -0.4 is 21.3 Å². The Morgan fingerprint density at radius 3 is 2.46 bits per heavy atom. The number of aromatic nitrogens is 2. The normalized spacial score (nSPS) is 17.2. The number of nitrogens with one attached hydrogen (secondary N) is 1. The molecule has 2 N–H and O–H groups in total. The van der Waals surface area contributed by atoms with Gasteiger partial charge >= 0.3 is 5.69 Å². The predicted octanol–water partition coefficient (Wildman–Crippen LogP) is 3.93. The summed E-state index contributed by atoms with van der Waals surface area (Å²) in [5, 5.41) is 11.9. The lowest BCUT2D eigenvalue weighted by atomic mass is 10.1. The molecule has 39 heavy (non-hydrogen) atoms. The summed E-state index contributed by atoms with van der Waals surface area (Å²) >= 11 is 4.75. The number of ether oxygens (including phenoxy) is 2. The Hall–Kier alpha value is -2.54. The van der Waals surface area contributed by atoms with E-state index in [9.17, 15) is 18.8 Å². The molecule has 2 aliphatic heterocycles. The van der Waals surface area contributed by atoms with Crippen LogP contribution in [0.1, 0.15) is 50.3 Å². The first kappa shape index (κ1) is 31.0. The van der Waals surface area contributed by atoms with Crippen molar-refractivity contribution in [3.05, 3.63) is 59.8 Å². The van der Waals surface area contributed by atoms with Crippen molar-refractivity contribution in [2.24, 2.45) is 0 Å². The highest BCUT2D eigenvalue weighted by Gasteiger charge is 2.31. The second-order valence-corrected chi connectivity index (χ2v) is 11.3. The molecule has 12 heteroatoms. The highest BCUT2D eigenvalue weighted by Crippen LogP contribution is 2.33. The molecule has 1 aromatic carbocycles. The summed E-state index contributed by atoms with van der Waals surface area (Å²) in [7, 11) is 1.50. The summed E-state index contributed by atoms with van der Waals surface area (Å²) in [6.07, 6.45) is 2.25. The zero-order valence-corrected chi connectivity index (χ0v) is 25.0. The fourth-order valence-corrected chi connectivity index (χ4v) is 6.20. The molecule has 0 spiro atoms. The van der Waals surface area contributed by atoms with Crippen molar-refractivity contribution in [2.45, 2.75) is 65.1 Å². The molecule has 9 nitrogen and oxygen atoms in total. The van der Waals surface area contributed by atoms with E-state index in [1.54, 1.807) is 13.0 Å². The van der Waals surface area contributed by atoms with E-state index in [2.05, 4.69) is 21.2 Å². The van der Waals surface area contributed by atoms with Crippen LogP contribution in [0.15, 0.2) is 31.6 Å². The Bertz CT molecular complexity index is 1410. The molecule has 0 bridgehead atoms. The summed E-state index contributed by atoms with van der Waals surface area (Å²) < 4.78 is 27.3. The van der Waals surface area contributed by atoms with E-state index in [4.69, 9.17) is 14.6 Å². The second kappa shape index (κ2) is 14.2. The van der Waals surface area contributed by atoms with Crippen LogP contribution in [0, 0.1) is 12.7 Å². The van der Waals surface area contributed by atoms with Gasteiger partial charge in [0.15, 0.2) is 0 Å². The first-order valence-corrected chi connectivity index (χ1v) is 14.6. The number of aliphatic hydroxyl groups is 1. The molecule has 4 heterocycles. The third kappa shape index (κ3) is 6.97. The maximum atomic E-state index is 13.7. The standard InChI is InChI=1S/C20H19BrFN3O4S.C5H10O2.C2H6/c1-10-15-18(27)25(13-5-7-23-17(13)26)20(28)24(19(15)30-16(10)21)8-6-11-9-12(22)3-4-14(11)29-2;6-5-1-3-7-4-2-5;1-2/h3-4,9,13H,5-8H2,1-2H3,(H,23,26);5-6H,1-4H2;1-2H3. The number of carbonyl (C=O) groups is 1. The van der Waals surface area contributed by atoms with Crippen molar-refractivity contribution >= 4 is 43.4 Å². The fraction of sp³-hybridized carbons (Fsp3) is 0.519. The van der Waals surface area contributed by atoms with E-state index in [1.807, 2.05) is 13.8 Å². The molecule has 214 valence electrons. The molecule has 0 aliphatic carbocycles. The van der Waals surface area contributed by atoms with Gasteiger partial charge < -0.3 is 19.9 Å². The molecule has 1 amide bonds. The zero-order valence-electron chi connectivity index (χ0n) is 22.6.